The van der Waals surface area contributed by atoms with Crippen LogP contribution in [-0.2, 0) is 0 Å². The lowest BCUT2D eigenvalue weighted by atomic mass is 10.4. The Morgan fingerprint density at radius 2 is 0.885 bits per heavy atom. The van der Waals surface area contributed by atoms with Gasteiger partial charge in [-0.2, -0.15) is 0 Å². The average molecular weight is 425 g/mol. The van der Waals surface area contributed by atoms with Gasteiger partial charge in [0.1, 0.15) is 0 Å². The van der Waals surface area contributed by atoms with E-state index >= 15 is 0 Å². The molecule has 2 rings (SSSR count). The Kier molecular flexibility index (Phi) is 13.4. The zero-order valence-corrected chi connectivity index (χ0v) is 18.3. The van der Waals surface area contributed by atoms with Crippen LogP contribution in [0.4, 0.5) is 0 Å². The highest BCUT2D eigenvalue weighted by Gasteiger charge is 1.95. The molecule has 0 aliphatic rings. The average Bonchev–Trinajstić information content (AvgIpc) is 2.70. The van der Waals surface area contributed by atoms with E-state index in [0.717, 1.165) is 37.7 Å². The molecule has 0 amide bonds. The fraction of sp³-hybridized carbons (Fsp3) is 0.400. The van der Waals surface area contributed by atoms with Crippen LogP contribution < -0.4 is 10.6 Å². The smallest absolute Gasteiger partial charge is 0.0162 e. The van der Waals surface area contributed by atoms with Gasteiger partial charge in [-0.05, 0) is 24.3 Å². The molecular weight excluding hydrogens is 397 g/mol. The number of hydrogen-bond donors (Lipinski definition) is 2. The molecule has 0 unspecified atom stereocenters. The van der Waals surface area contributed by atoms with Crippen LogP contribution >= 0.6 is 45.1 Å². The van der Waals surface area contributed by atoms with Gasteiger partial charge >= 0.3 is 0 Å². The fourth-order valence-electron chi connectivity index (χ4n) is 2.11. The Morgan fingerprint density at radius 1 is 0.500 bits per heavy atom. The molecule has 0 aliphatic carbocycles. The van der Waals surface area contributed by atoms with Gasteiger partial charge in [0, 0.05) is 59.0 Å². The molecular formula is C20H28N2S4. The number of thioether (sulfide) groups is 2. The van der Waals surface area contributed by atoms with Gasteiger partial charge in [0.25, 0.3) is 0 Å². The summed E-state index contributed by atoms with van der Waals surface area (Å²) >= 11 is 3.83. The van der Waals surface area contributed by atoms with Crippen LogP contribution in [0.2, 0.25) is 0 Å². The van der Waals surface area contributed by atoms with E-state index in [4.69, 9.17) is 0 Å². The Hall–Kier alpha value is -0.240. The molecule has 0 aromatic heterocycles. The molecule has 2 aromatic carbocycles. The maximum Gasteiger partial charge on any atom is 0.0162 e. The van der Waals surface area contributed by atoms with Gasteiger partial charge in [-0.3, -0.25) is 0 Å². The SMILES string of the molecule is c1ccc(SCCNCCSSCCNCCSc2ccccc2)cc1. The van der Waals surface area contributed by atoms with E-state index in [-0.39, 0.29) is 0 Å². The zero-order valence-electron chi connectivity index (χ0n) is 15.1. The van der Waals surface area contributed by atoms with Crippen molar-refractivity contribution in [2.24, 2.45) is 0 Å². The summed E-state index contributed by atoms with van der Waals surface area (Å²) in [5.41, 5.74) is 0. The third kappa shape index (κ3) is 11.5. The number of nitrogens with one attached hydrogen (secondary N) is 2. The van der Waals surface area contributed by atoms with E-state index in [1.165, 1.54) is 21.3 Å². The molecule has 0 spiro atoms. The monoisotopic (exact) mass is 424 g/mol. The van der Waals surface area contributed by atoms with E-state index in [2.05, 4.69) is 71.3 Å². The minimum Gasteiger partial charge on any atom is -0.315 e. The van der Waals surface area contributed by atoms with Crippen molar-refractivity contribution in [1.29, 1.82) is 0 Å². The minimum atomic E-state index is 1.07. The first kappa shape index (κ1) is 22.1. The lowest BCUT2D eigenvalue weighted by Crippen LogP contribution is -2.20. The molecule has 2 aromatic rings. The highest BCUT2D eigenvalue weighted by molar-refractivity contribution is 8.76. The van der Waals surface area contributed by atoms with Gasteiger partial charge in [-0.25, -0.2) is 0 Å². The summed E-state index contributed by atoms with van der Waals surface area (Å²) in [7, 11) is 3.94. The predicted octanol–water partition coefficient (Wildman–Crippen LogP) is 5.13. The molecule has 0 radical (unpaired) electrons. The molecule has 0 saturated heterocycles. The maximum absolute atomic E-state index is 3.52. The van der Waals surface area contributed by atoms with Crippen molar-refractivity contribution in [3.05, 3.63) is 60.7 Å². The van der Waals surface area contributed by atoms with Crippen molar-refractivity contribution >= 4 is 45.1 Å². The number of rotatable bonds is 15. The predicted molar refractivity (Wildman–Crippen MR) is 125 cm³/mol. The molecule has 0 heterocycles. The lowest BCUT2D eigenvalue weighted by Gasteiger charge is -2.06. The summed E-state index contributed by atoms with van der Waals surface area (Å²) in [4.78, 5) is 2.71. The Balaban J connectivity index is 1.28. The second-order valence-corrected chi connectivity index (χ2v) is 10.5. The molecule has 6 heteroatoms. The normalized spacial score (nSPS) is 10.9. The maximum atomic E-state index is 3.52. The van der Waals surface area contributed by atoms with Crippen LogP contribution in [0, 0.1) is 0 Å². The first-order valence-electron chi connectivity index (χ1n) is 8.97. The van der Waals surface area contributed by atoms with Crippen LogP contribution in [0.25, 0.3) is 0 Å². The minimum absolute atomic E-state index is 1.07. The molecule has 0 aliphatic heterocycles. The molecule has 2 N–H and O–H groups in total. The number of hydrogen-bond acceptors (Lipinski definition) is 6. The topological polar surface area (TPSA) is 24.1 Å². The molecule has 0 saturated carbocycles. The first-order chi connectivity index (χ1) is 12.9. The largest absolute Gasteiger partial charge is 0.315 e. The van der Waals surface area contributed by atoms with E-state index < -0.39 is 0 Å². The third-order valence-electron chi connectivity index (χ3n) is 3.39. The second-order valence-electron chi connectivity index (χ2n) is 5.47. The molecule has 26 heavy (non-hydrogen) atoms. The van der Waals surface area contributed by atoms with Crippen LogP contribution in [0.15, 0.2) is 70.5 Å². The first-order valence-corrected chi connectivity index (χ1v) is 13.4. The summed E-state index contributed by atoms with van der Waals surface area (Å²) < 4.78 is 0. The highest BCUT2D eigenvalue weighted by atomic mass is 33.1. The molecule has 2 nitrogen and oxygen atoms in total. The van der Waals surface area contributed by atoms with Crippen LogP contribution in [-0.4, -0.2) is 49.2 Å². The van der Waals surface area contributed by atoms with Crippen molar-refractivity contribution in [2.45, 2.75) is 9.79 Å². The van der Waals surface area contributed by atoms with Gasteiger partial charge in [0.15, 0.2) is 0 Å². The summed E-state index contributed by atoms with van der Waals surface area (Å²) in [6.07, 6.45) is 0. The van der Waals surface area contributed by atoms with Crippen molar-refractivity contribution < 1.29 is 0 Å². The van der Waals surface area contributed by atoms with Gasteiger partial charge in [0.2, 0.25) is 0 Å². The summed E-state index contributed by atoms with van der Waals surface area (Å²) in [6, 6.07) is 21.2. The Bertz CT molecular complexity index is 503. The lowest BCUT2D eigenvalue weighted by molar-refractivity contribution is 0.773. The van der Waals surface area contributed by atoms with E-state index in [9.17, 15) is 0 Å². The number of benzene rings is 2. The standard InChI is InChI=1S/C20H28N2S4/c1-3-7-19(8-4-1)23-15-11-21-13-17-25-26-18-14-22-12-16-24-20-9-5-2-6-10-20/h1-10,21-22H,11-18H2. The van der Waals surface area contributed by atoms with Crippen molar-refractivity contribution in [3.8, 4) is 0 Å². The summed E-state index contributed by atoms with van der Waals surface area (Å²) in [5, 5.41) is 7.03. The molecule has 142 valence electrons. The third-order valence-corrected chi connectivity index (χ3v) is 7.82. The van der Waals surface area contributed by atoms with Crippen LogP contribution in [0.1, 0.15) is 0 Å². The quantitative estimate of drug-likeness (QED) is 0.233. The Morgan fingerprint density at radius 3 is 1.31 bits per heavy atom. The van der Waals surface area contributed by atoms with Gasteiger partial charge in [0.05, 0.1) is 0 Å². The molecule has 0 fully saturated rings. The fourth-order valence-corrected chi connectivity index (χ4v) is 5.67. The summed E-state index contributed by atoms with van der Waals surface area (Å²) in [5.74, 6) is 4.61. The Labute approximate surface area is 174 Å². The van der Waals surface area contributed by atoms with E-state index in [1.54, 1.807) is 0 Å². The van der Waals surface area contributed by atoms with Crippen molar-refractivity contribution in [1.82, 2.24) is 10.6 Å². The highest BCUT2D eigenvalue weighted by Crippen LogP contribution is 2.20. The van der Waals surface area contributed by atoms with Crippen LogP contribution in [0.3, 0.4) is 0 Å². The molecule has 0 atom stereocenters. The van der Waals surface area contributed by atoms with Gasteiger partial charge < -0.3 is 10.6 Å². The van der Waals surface area contributed by atoms with Crippen molar-refractivity contribution in [2.75, 3.05) is 49.2 Å². The zero-order chi connectivity index (χ0) is 18.1. The summed E-state index contributed by atoms with van der Waals surface area (Å²) in [6.45, 7) is 4.33. The van der Waals surface area contributed by atoms with Crippen LogP contribution in [0.5, 0.6) is 0 Å². The van der Waals surface area contributed by atoms with Gasteiger partial charge in [-0.1, -0.05) is 58.0 Å². The van der Waals surface area contributed by atoms with E-state index in [0.29, 0.717) is 0 Å². The van der Waals surface area contributed by atoms with E-state index in [1.807, 2.05) is 45.1 Å². The van der Waals surface area contributed by atoms with Crippen molar-refractivity contribution in [3.63, 3.8) is 0 Å². The van der Waals surface area contributed by atoms with Gasteiger partial charge in [-0.15, -0.1) is 23.5 Å². The molecule has 0 bridgehead atoms. The second kappa shape index (κ2) is 15.8.